The van der Waals surface area contributed by atoms with Crippen LogP contribution in [0.4, 0.5) is 5.95 Å². The number of ether oxygens (including phenoxy) is 1. The summed E-state index contributed by atoms with van der Waals surface area (Å²) in [6, 6.07) is 9.19. The van der Waals surface area contributed by atoms with E-state index in [1.807, 2.05) is 0 Å². The molecule has 2 amide bonds. The molecule has 3 aromatic rings. The topological polar surface area (TPSA) is 202 Å². The first-order valence-electron chi connectivity index (χ1n) is 10.5. The molecule has 0 bridgehead atoms. The van der Waals surface area contributed by atoms with Crippen LogP contribution in [0.25, 0.3) is 11.0 Å². The number of nitrogens with zero attached hydrogens (tertiary/aromatic N) is 2. The lowest BCUT2D eigenvalue weighted by Gasteiger charge is -2.13. The van der Waals surface area contributed by atoms with Gasteiger partial charge in [-0.25, -0.2) is 9.55 Å². The average molecular weight is 516 g/mol. The largest absolute Gasteiger partial charge is 0.524 e. The molecule has 0 radical (unpaired) electrons. The average Bonchev–Trinajstić information content (AvgIpc) is 3.16. The van der Waals surface area contributed by atoms with Crippen LogP contribution in [0.5, 0.6) is 11.5 Å². The third kappa shape index (κ3) is 6.92. The second-order valence-electron chi connectivity index (χ2n) is 7.43. The predicted octanol–water partition coefficient (Wildman–Crippen LogP) is 1.55. The maximum Gasteiger partial charge on any atom is 0.524 e. The molecule has 0 atom stereocenters. The van der Waals surface area contributed by atoms with Gasteiger partial charge in [0, 0.05) is 18.3 Å². The van der Waals surface area contributed by atoms with Crippen LogP contribution in [-0.2, 0) is 22.3 Å². The van der Waals surface area contributed by atoms with Gasteiger partial charge in [0.2, 0.25) is 17.8 Å². The fourth-order valence-electron chi connectivity index (χ4n) is 3.37. The molecule has 2 aromatic carbocycles. The third-order valence-electron chi connectivity index (χ3n) is 4.91. The maximum atomic E-state index is 12.5. The number of carbonyl (C=O) groups excluding carboxylic acids is 2. The highest BCUT2D eigenvalue weighted by molar-refractivity contribution is 7.46. The van der Waals surface area contributed by atoms with E-state index < -0.39 is 19.6 Å². The number of hydrogen-bond donors (Lipinski definition) is 6. The minimum absolute atomic E-state index is 0.0262. The van der Waals surface area contributed by atoms with E-state index in [9.17, 15) is 14.2 Å². The molecule has 0 spiro atoms. The molecule has 7 N–H and O–H groups in total. The number of nitrogens with two attached hydrogens (primary N) is 1. The summed E-state index contributed by atoms with van der Waals surface area (Å²) in [4.78, 5) is 46.6. The van der Waals surface area contributed by atoms with Gasteiger partial charge in [0.05, 0.1) is 19.2 Å². The summed E-state index contributed by atoms with van der Waals surface area (Å²) in [6.07, 6.45) is 4.40. The Hall–Kier alpha value is -4.19. The molecule has 190 valence electrons. The van der Waals surface area contributed by atoms with Crippen molar-refractivity contribution in [3.8, 4) is 11.5 Å². The molecule has 13 nitrogen and oxygen atoms in total. The summed E-state index contributed by atoms with van der Waals surface area (Å²) in [5, 5.41) is 12.4. The minimum Gasteiger partial charge on any atom is -0.494 e. The van der Waals surface area contributed by atoms with E-state index in [1.54, 1.807) is 16.7 Å². The SMILES string of the molecule is COc1cc(C(N)=O)cc2nc(NC(=O)CN/C=C\C=N)n(CCc3ccc(OP(=O)(O)O)cc3)c12. The number of phosphoric ester groups is 1. The molecule has 36 heavy (non-hydrogen) atoms. The van der Waals surface area contributed by atoms with Gasteiger partial charge in [0.25, 0.3) is 0 Å². The second-order valence-corrected chi connectivity index (χ2v) is 8.59. The summed E-state index contributed by atoms with van der Waals surface area (Å²) in [5.41, 5.74) is 7.37. The summed E-state index contributed by atoms with van der Waals surface area (Å²) in [7, 11) is -3.22. The van der Waals surface area contributed by atoms with E-state index in [0.717, 1.165) is 11.8 Å². The number of aromatic nitrogens is 2. The van der Waals surface area contributed by atoms with Gasteiger partial charge in [-0.15, -0.1) is 0 Å². The Labute approximate surface area is 205 Å². The molecule has 0 aliphatic heterocycles. The Morgan fingerprint density at radius 3 is 2.58 bits per heavy atom. The molecule has 0 unspecified atom stereocenters. The highest BCUT2D eigenvalue weighted by Gasteiger charge is 2.20. The first kappa shape index (κ1) is 26.4. The number of primary amides is 1. The van der Waals surface area contributed by atoms with Gasteiger partial charge in [-0.05, 0) is 48.5 Å². The Morgan fingerprint density at radius 2 is 1.97 bits per heavy atom. The number of allylic oxidation sites excluding steroid dienone is 1. The number of nitrogens with one attached hydrogen (secondary N) is 3. The number of imidazole rings is 1. The normalized spacial score (nSPS) is 11.4. The molecule has 0 fully saturated rings. The molecule has 0 aliphatic rings. The fourth-order valence-corrected chi connectivity index (χ4v) is 3.77. The molecular weight excluding hydrogens is 491 g/mol. The number of aryl methyl sites for hydroxylation is 2. The van der Waals surface area contributed by atoms with Crippen LogP contribution in [-0.4, -0.2) is 51.0 Å². The summed E-state index contributed by atoms with van der Waals surface area (Å²) < 4.78 is 22.8. The van der Waals surface area contributed by atoms with Gasteiger partial charge in [-0.1, -0.05) is 12.1 Å². The number of methoxy groups -OCH3 is 1. The summed E-state index contributed by atoms with van der Waals surface area (Å²) >= 11 is 0. The number of phosphoric acid groups is 1. The minimum atomic E-state index is -4.66. The molecule has 14 heteroatoms. The monoisotopic (exact) mass is 516 g/mol. The Morgan fingerprint density at radius 1 is 1.25 bits per heavy atom. The van der Waals surface area contributed by atoms with Gasteiger partial charge in [-0.2, -0.15) is 0 Å². The Kier molecular flexibility index (Phi) is 8.43. The first-order valence-corrected chi connectivity index (χ1v) is 12.1. The molecule has 0 saturated heterocycles. The van der Waals surface area contributed by atoms with Crippen LogP contribution < -0.4 is 25.6 Å². The number of fused-ring (bicyclic) bond motifs is 1. The molecule has 0 aliphatic carbocycles. The zero-order valence-electron chi connectivity index (χ0n) is 19.2. The third-order valence-corrected chi connectivity index (χ3v) is 5.36. The Bertz CT molecular complexity index is 1350. The smallest absolute Gasteiger partial charge is 0.494 e. The number of amides is 2. The van der Waals surface area contributed by atoms with Crippen LogP contribution in [0.3, 0.4) is 0 Å². The van der Waals surface area contributed by atoms with Crippen molar-refractivity contribution >= 4 is 42.8 Å². The number of benzene rings is 2. The molecular formula is C22H25N6O7P. The highest BCUT2D eigenvalue weighted by Crippen LogP contribution is 2.37. The number of rotatable bonds is 12. The van der Waals surface area contributed by atoms with Crippen LogP contribution in [0.1, 0.15) is 15.9 Å². The van der Waals surface area contributed by atoms with Crippen LogP contribution in [0.15, 0.2) is 48.7 Å². The van der Waals surface area contributed by atoms with Crippen molar-refractivity contribution in [3.63, 3.8) is 0 Å². The molecule has 0 saturated carbocycles. The molecule has 1 aromatic heterocycles. The van der Waals surface area contributed by atoms with Crippen molar-refractivity contribution in [2.45, 2.75) is 13.0 Å². The zero-order chi connectivity index (χ0) is 26.3. The first-order chi connectivity index (χ1) is 17.1. The van der Waals surface area contributed by atoms with Crippen LogP contribution in [0.2, 0.25) is 0 Å². The van der Waals surface area contributed by atoms with E-state index in [2.05, 4.69) is 20.1 Å². The van der Waals surface area contributed by atoms with E-state index >= 15 is 0 Å². The molecule has 1 heterocycles. The van der Waals surface area contributed by atoms with Crippen molar-refractivity contribution in [2.24, 2.45) is 5.73 Å². The lowest BCUT2D eigenvalue weighted by atomic mass is 10.1. The maximum absolute atomic E-state index is 12.5. The van der Waals surface area contributed by atoms with E-state index in [1.165, 1.54) is 43.7 Å². The number of carbonyl (C=O) groups is 2. The van der Waals surface area contributed by atoms with Gasteiger partial charge < -0.3 is 30.3 Å². The predicted molar refractivity (Wildman–Crippen MR) is 132 cm³/mol. The number of hydrogen-bond acceptors (Lipinski definition) is 8. The second kappa shape index (κ2) is 11.5. The van der Waals surface area contributed by atoms with Crippen molar-refractivity contribution in [1.29, 1.82) is 5.41 Å². The van der Waals surface area contributed by atoms with Gasteiger partial charge in [0.15, 0.2) is 0 Å². The van der Waals surface area contributed by atoms with Crippen molar-refractivity contribution in [1.82, 2.24) is 14.9 Å². The van der Waals surface area contributed by atoms with Crippen molar-refractivity contribution in [2.75, 3.05) is 19.0 Å². The summed E-state index contributed by atoms with van der Waals surface area (Å²) in [5.74, 6) is -0.469. The van der Waals surface area contributed by atoms with Crippen molar-refractivity contribution < 1.29 is 33.2 Å². The van der Waals surface area contributed by atoms with Gasteiger partial charge in [-0.3, -0.25) is 24.7 Å². The standard InChI is InChI=1S/C22H25N6O7P/c1-34-18-12-15(21(24)30)11-17-20(18)28(22(26-17)27-19(29)13-25-9-2-8-23)10-7-14-3-5-16(6-4-14)35-36(31,32)33/h2-6,8-9,11-12,23,25H,7,10,13H2,1H3,(H2,24,30)(H,26,27,29)(H2,31,32,33)/b9-2-,23-8?. The fraction of sp³-hybridized carbons (Fsp3) is 0.182. The van der Waals surface area contributed by atoms with E-state index in [-0.39, 0.29) is 23.8 Å². The zero-order valence-corrected chi connectivity index (χ0v) is 20.1. The lowest BCUT2D eigenvalue weighted by molar-refractivity contribution is -0.115. The van der Waals surface area contributed by atoms with Crippen LogP contribution in [0, 0.1) is 5.41 Å². The van der Waals surface area contributed by atoms with E-state index in [0.29, 0.717) is 29.7 Å². The Balaban J connectivity index is 1.92. The van der Waals surface area contributed by atoms with Crippen LogP contribution >= 0.6 is 7.82 Å². The lowest BCUT2D eigenvalue weighted by Crippen LogP contribution is -2.26. The molecule has 3 rings (SSSR count). The van der Waals surface area contributed by atoms with Crippen molar-refractivity contribution in [3.05, 3.63) is 59.8 Å². The van der Waals surface area contributed by atoms with Gasteiger partial charge >= 0.3 is 7.82 Å². The van der Waals surface area contributed by atoms with Gasteiger partial charge in [0.1, 0.15) is 17.0 Å². The quantitative estimate of drug-likeness (QED) is 0.152. The van der Waals surface area contributed by atoms with E-state index in [4.69, 9.17) is 25.7 Å². The number of anilines is 1. The highest BCUT2D eigenvalue weighted by atomic mass is 31.2. The summed E-state index contributed by atoms with van der Waals surface area (Å²) in [6.45, 7) is 0.260.